The first kappa shape index (κ1) is 26.6. The Morgan fingerprint density at radius 2 is 1.58 bits per heavy atom. The van der Waals surface area contributed by atoms with Gasteiger partial charge in [-0.15, -0.1) is 0 Å². The minimum absolute atomic E-state index is 0.0900. The van der Waals surface area contributed by atoms with Crippen LogP contribution in [0, 0.1) is 0 Å². The number of halogens is 1. The van der Waals surface area contributed by atoms with Crippen LogP contribution in [-0.4, -0.2) is 44.1 Å². The third-order valence-electron chi connectivity index (χ3n) is 5.96. The van der Waals surface area contributed by atoms with Crippen LogP contribution in [-0.2, 0) is 14.4 Å². The predicted octanol–water partition coefficient (Wildman–Crippen LogP) is 4.92. The van der Waals surface area contributed by atoms with E-state index in [9.17, 15) is 19.5 Å². The number of Topliss-reactive ketones (excluding diaryl/α,β-unsaturated/α-hetero) is 1. The second kappa shape index (κ2) is 10.9. The van der Waals surface area contributed by atoms with Crippen molar-refractivity contribution in [3.05, 3.63) is 82.4 Å². The lowest BCUT2D eigenvalue weighted by Crippen LogP contribution is -2.29. The lowest BCUT2D eigenvalue weighted by atomic mass is 9.94. The molecule has 1 aliphatic heterocycles. The summed E-state index contributed by atoms with van der Waals surface area (Å²) in [5.74, 6) is -1.59. The van der Waals surface area contributed by atoms with E-state index in [-0.39, 0.29) is 27.7 Å². The van der Waals surface area contributed by atoms with Gasteiger partial charge >= 0.3 is 5.97 Å². The molecule has 0 radical (unpaired) electrons. The van der Waals surface area contributed by atoms with E-state index < -0.39 is 29.5 Å². The number of aliphatic hydroxyl groups is 1. The maximum Gasteiger partial charge on any atom is 0.308 e. The van der Waals surface area contributed by atoms with Crippen LogP contribution in [0.15, 0.2) is 66.2 Å². The lowest BCUT2D eigenvalue weighted by molar-refractivity contribution is -0.132. The van der Waals surface area contributed by atoms with E-state index in [0.717, 1.165) is 0 Å². The van der Waals surface area contributed by atoms with Crippen molar-refractivity contribution in [2.75, 3.05) is 26.2 Å². The lowest BCUT2D eigenvalue weighted by Gasteiger charge is -2.26. The number of benzene rings is 3. The van der Waals surface area contributed by atoms with E-state index in [1.54, 1.807) is 42.5 Å². The van der Waals surface area contributed by atoms with Crippen LogP contribution < -0.4 is 23.8 Å². The zero-order valence-electron chi connectivity index (χ0n) is 21.0. The van der Waals surface area contributed by atoms with Crippen molar-refractivity contribution in [3.8, 4) is 23.0 Å². The number of methoxy groups -OCH3 is 3. The van der Waals surface area contributed by atoms with Crippen molar-refractivity contribution >= 4 is 40.7 Å². The van der Waals surface area contributed by atoms with E-state index in [1.807, 2.05) is 0 Å². The van der Waals surface area contributed by atoms with Gasteiger partial charge in [-0.25, -0.2) is 0 Å². The summed E-state index contributed by atoms with van der Waals surface area (Å²) in [6.45, 7) is 1.26. The van der Waals surface area contributed by atoms with Crippen LogP contribution in [0.25, 0.3) is 5.76 Å². The molecule has 1 amide bonds. The Morgan fingerprint density at radius 3 is 2.18 bits per heavy atom. The molecule has 1 N–H and O–H groups in total. The summed E-state index contributed by atoms with van der Waals surface area (Å²) in [6.07, 6.45) is 0. The molecule has 0 aliphatic carbocycles. The normalized spacial score (nSPS) is 16.3. The summed E-state index contributed by atoms with van der Waals surface area (Å²) >= 11 is 6.31. The van der Waals surface area contributed by atoms with Crippen molar-refractivity contribution in [3.63, 3.8) is 0 Å². The maximum atomic E-state index is 13.5. The van der Waals surface area contributed by atoms with Gasteiger partial charge in [0.15, 0.2) is 0 Å². The fraction of sp³-hybridized carbons (Fsp3) is 0.179. The number of rotatable bonds is 7. The average molecular weight is 538 g/mol. The number of carbonyl (C=O) groups excluding carboxylic acids is 3. The quantitative estimate of drug-likeness (QED) is 0.149. The van der Waals surface area contributed by atoms with Crippen LogP contribution in [0.1, 0.15) is 24.1 Å². The zero-order valence-corrected chi connectivity index (χ0v) is 21.7. The molecule has 9 nitrogen and oxygen atoms in total. The predicted molar refractivity (Wildman–Crippen MR) is 140 cm³/mol. The number of esters is 1. The molecule has 0 aromatic heterocycles. The molecule has 10 heteroatoms. The van der Waals surface area contributed by atoms with Crippen molar-refractivity contribution in [1.29, 1.82) is 0 Å². The van der Waals surface area contributed by atoms with Crippen LogP contribution in [0.5, 0.6) is 23.0 Å². The standard InChI is InChI=1S/C28H24ClNO8/c1-15(31)38-19-7-5-6-16(12-19)25-24(26(32)20-13-21(29)23(37-4)14-22(20)36-3)27(33)28(34)30(25)17-8-10-18(35-2)11-9-17/h5-14,25,32H,1-4H3/b26-24+. The monoisotopic (exact) mass is 537 g/mol. The molecule has 0 saturated carbocycles. The Morgan fingerprint density at radius 1 is 0.895 bits per heavy atom. The van der Waals surface area contributed by atoms with Gasteiger partial charge < -0.3 is 24.1 Å². The summed E-state index contributed by atoms with van der Waals surface area (Å²) in [4.78, 5) is 39.7. The second-order valence-corrected chi connectivity index (χ2v) is 8.63. The largest absolute Gasteiger partial charge is 0.507 e. The van der Waals surface area contributed by atoms with Gasteiger partial charge in [0.1, 0.15) is 28.8 Å². The number of aliphatic hydroxyl groups excluding tert-OH is 1. The van der Waals surface area contributed by atoms with Crippen LogP contribution in [0.2, 0.25) is 5.02 Å². The Bertz CT molecular complexity index is 1450. The van der Waals surface area contributed by atoms with Gasteiger partial charge in [0.05, 0.1) is 43.5 Å². The summed E-state index contributed by atoms with van der Waals surface area (Å²) in [5, 5.41) is 11.7. The maximum absolute atomic E-state index is 13.5. The Hall–Kier alpha value is -4.50. The van der Waals surface area contributed by atoms with E-state index in [4.69, 9.17) is 30.5 Å². The zero-order chi connectivity index (χ0) is 27.6. The molecule has 1 fully saturated rings. The molecule has 196 valence electrons. The molecule has 1 unspecified atom stereocenters. The average Bonchev–Trinajstić information content (AvgIpc) is 3.18. The molecule has 3 aromatic rings. The fourth-order valence-electron chi connectivity index (χ4n) is 4.26. The number of anilines is 1. The second-order valence-electron chi connectivity index (χ2n) is 8.22. The Labute approximate surface area is 223 Å². The van der Waals surface area contributed by atoms with Gasteiger partial charge in [-0.3, -0.25) is 19.3 Å². The summed E-state index contributed by atoms with van der Waals surface area (Å²) in [7, 11) is 4.32. The molecule has 1 saturated heterocycles. The number of carbonyl (C=O) groups is 3. The summed E-state index contributed by atoms with van der Waals surface area (Å²) in [5.41, 5.74) is 0.686. The highest BCUT2D eigenvalue weighted by Crippen LogP contribution is 2.45. The van der Waals surface area contributed by atoms with E-state index in [2.05, 4.69) is 0 Å². The molecule has 1 atom stereocenters. The van der Waals surface area contributed by atoms with Crippen LogP contribution in [0.4, 0.5) is 5.69 Å². The highest BCUT2D eigenvalue weighted by molar-refractivity contribution is 6.51. The van der Waals surface area contributed by atoms with Gasteiger partial charge in [0.2, 0.25) is 0 Å². The van der Waals surface area contributed by atoms with Gasteiger partial charge in [0, 0.05) is 18.7 Å². The highest BCUT2D eigenvalue weighted by atomic mass is 35.5. The fourth-order valence-corrected chi connectivity index (χ4v) is 4.50. The SMILES string of the molecule is COc1ccc(N2C(=O)C(=O)/C(=C(/O)c3cc(Cl)c(OC)cc3OC)C2c2cccc(OC(C)=O)c2)cc1. The highest BCUT2D eigenvalue weighted by Gasteiger charge is 2.47. The number of hydrogen-bond acceptors (Lipinski definition) is 8. The van der Waals surface area contributed by atoms with Crippen LogP contribution >= 0.6 is 11.6 Å². The molecule has 38 heavy (non-hydrogen) atoms. The molecular formula is C28H24ClNO8. The third kappa shape index (κ3) is 4.88. The van der Waals surface area contributed by atoms with Gasteiger partial charge in [-0.2, -0.15) is 0 Å². The van der Waals surface area contributed by atoms with E-state index >= 15 is 0 Å². The Balaban J connectivity index is 1.97. The van der Waals surface area contributed by atoms with Crippen molar-refractivity contribution < 1.29 is 38.4 Å². The first-order valence-electron chi connectivity index (χ1n) is 11.4. The molecular weight excluding hydrogens is 514 g/mol. The number of amides is 1. The van der Waals surface area contributed by atoms with Crippen LogP contribution in [0.3, 0.4) is 0 Å². The summed E-state index contributed by atoms with van der Waals surface area (Å²) in [6, 6.07) is 14.7. The molecule has 1 heterocycles. The van der Waals surface area contributed by atoms with E-state index in [1.165, 1.54) is 51.4 Å². The van der Waals surface area contributed by atoms with Crippen molar-refractivity contribution in [1.82, 2.24) is 0 Å². The van der Waals surface area contributed by atoms with Gasteiger partial charge in [-0.05, 0) is 48.0 Å². The molecule has 0 spiro atoms. The summed E-state index contributed by atoms with van der Waals surface area (Å²) < 4.78 is 21.1. The van der Waals surface area contributed by atoms with E-state index in [0.29, 0.717) is 22.7 Å². The molecule has 3 aromatic carbocycles. The third-order valence-corrected chi connectivity index (χ3v) is 6.25. The first-order chi connectivity index (χ1) is 18.2. The smallest absolute Gasteiger partial charge is 0.308 e. The number of ketones is 1. The number of ether oxygens (including phenoxy) is 4. The minimum Gasteiger partial charge on any atom is -0.507 e. The number of hydrogen-bond donors (Lipinski definition) is 1. The van der Waals surface area contributed by atoms with Crippen molar-refractivity contribution in [2.45, 2.75) is 13.0 Å². The van der Waals surface area contributed by atoms with Crippen molar-refractivity contribution in [2.24, 2.45) is 0 Å². The minimum atomic E-state index is -1.08. The van der Waals surface area contributed by atoms with Gasteiger partial charge in [0.25, 0.3) is 11.7 Å². The number of nitrogens with zero attached hydrogens (tertiary/aromatic N) is 1. The first-order valence-corrected chi connectivity index (χ1v) is 11.7. The molecule has 0 bridgehead atoms. The molecule has 4 rings (SSSR count). The molecule has 1 aliphatic rings. The van der Waals surface area contributed by atoms with Gasteiger partial charge in [-0.1, -0.05) is 23.7 Å². The Kier molecular flexibility index (Phi) is 7.59. The topological polar surface area (TPSA) is 112 Å².